The highest BCUT2D eigenvalue weighted by Crippen LogP contribution is 2.20. The van der Waals surface area contributed by atoms with Gasteiger partial charge in [0.1, 0.15) is 0 Å². The van der Waals surface area contributed by atoms with Crippen LogP contribution in [0.25, 0.3) is 6.08 Å². The molecule has 2 rings (SSSR count). The standard InChI is InChI=1S/C17H14N2O4S2/c1-2-14-4-8-17(9-5-14)25(22,23)19-15-6-10-16(11-7-15)24(20,21)13-3-12-18/h2-11,13,19H,1H2. The van der Waals surface area contributed by atoms with Gasteiger partial charge in [-0.2, -0.15) is 5.26 Å². The normalized spacial score (nSPS) is 11.8. The molecule has 2 aromatic rings. The summed E-state index contributed by atoms with van der Waals surface area (Å²) in [5.74, 6) is 0. The lowest BCUT2D eigenvalue weighted by molar-refractivity contribution is 0.601. The minimum absolute atomic E-state index is 0.0442. The molecule has 8 heteroatoms. The van der Waals surface area contributed by atoms with Gasteiger partial charge in [-0.25, -0.2) is 16.8 Å². The van der Waals surface area contributed by atoms with Crippen molar-refractivity contribution in [1.82, 2.24) is 0 Å². The van der Waals surface area contributed by atoms with E-state index in [1.54, 1.807) is 24.3 Å². The van der Waals surface area contributed by atoms with Crippen molar-refractivity contribution in [3.63, 3.8) is 0 Å². The van der Waals surface area contributed by atoms with Crippen LogP contribution >= 0.6 is 0 Å². The number of hydrogen-bond acceptors (Lipinski definition) is 5. The average molecular weight is 374 g/mol. The van der Waals surface area contributed by atoms with Crippen molar-refractivity contribution in [2.75, 3.05) is 4.72 Å². The van der Waals surface area contributed by atoms with E-state index in [-0.39, 0.29) is 15.5 Å². The SMILES string of the molecule is C=Cc1ccc(S(=O)(=O)Nc2ccc(S(=O)(=O)C=CC#N)cc2)cc1. The Bertz CT molecular complexity index is 1050. The Hall–Kier alpha value is -2.89. The second-order valence-corrected chi connectivity index (χ2v) is 8.40. The minimum atomic E-state index is -3.79. The third-order valence-corrected chi connectivity index (χ3v) is 6.00. The van der Waals surface area contributed by atoms with E-state index >= 15 is 0 Å². The zero-order chi connectivity index (χ0) is 18.5. The molecule has 0 unspecified atom stereocenters. The molecule has 0 heterocycles. The largest absolute Gasteiger partial charge is 0.280 e. The molecular weight excluding hydrogens is 360 g/mol. The van der Waals surface area contributed by atoms with Crippen molar-refractivity contribution in [2.45, 2.75) is 9.79 Å². The van der Waals surface area contributed by atoms with Crippen LogP contribution < -0.4 is 4.72 Å². The van der Waals surface area contributed by atoms with E-state index in [0.29, 0.717) is 0 Å². The maximum Gasteiger partial charge on any atom is 0.261 e. The van der Waals surface area contributed by atoms with Crippen LogP contribution in [-0.2, 0) is 19.9 Å². The number of hydrogen-bond donors (Lipinski definition) is 1. The molecule has 25 heavy (non-hydrogen) atoms. The monoisotopic (exact) mass is 374 g/mol. The molecule has 0 amide bonds. The number of rotatable bonds is 6. The number of sulfonamides is 1. The molecule has 0 aliphatic rings. The van der Waals surface area contributed by atoms with Crippen molar-refractivity contribution >= 4 is 31.6 Å². The number of anilines is 1. The molecule has 0 spiro atoms. The molecule has 0 aromatic heterocycles. The van der Waals surface area contributed by atoms with Crippen LogP contribution in [0.2, 0.25) is 0 Å². The number of nitriles is 1. The molecule has 0 atom stereocenters. The lowest BCUT2D eigenvalue weighted by Crippen LogP contribution is -2.13. The fourth-order valence-electron chi connectivity index (χ4n) is 1.91. The highest BCUT2D eigenvalue weighted by molar-refractivity contribution is 7.94. The maximum atomic E-state index is 12.3. The summed E-state index contributed by atoms with van der Waals surface area (Å²) in [6.45, 7) is 3.60. The summed E-state index contributed by atoms with van der Waals surface area (Å²) < 4.78 is 50.8. The molecule has 1 N–H and O–H groups in total. The number of nitrogens with one attached hydrogen (secondary N) is 1. The van der Waals surface area contributed by atoms with Gasteiger partial charge in [0.05, 0.1) is 15.9 Å². The number of nitrogens with zero attached hydrogens (tertiary/aromatic N) is 1. The predicted octanol–water partition coefficient (Wildman–Crippen LogP) is 2.94. The summed E-state index contributed by atoms with van der Waals surface area (Å²) in [5.41, 5.74) is 1.01. The highest BCUT2D eigenvalue weighted by atomic mass is 32.2. The van der Waals surface area contributed by atoms with Gasteiger partial charge in [-0.3, -0.25) is 4.72 Å². The fourth-order valence-corrected chi connectivity index (χ4v) is 3.88. The summed E-state index contributed by atoms with van der Waals surface area (Å²) in [7, 11) is -7.52. The van der Waals surface area contributed by atoms with Gasteiger partial charge in [-0.1, -0.05) is 24.8 Å². The van der Waals surface area contributed by atoms with Crippen molar-refractivity contribution in [2.24, 2.45) is 0 Å². The number of benzene rings is 2. The molecule has 0 aliphatic heterocycles. The van der Waals surface area contributed by atoms with E-state index in [1.807, 2.05) is 0 Å². The Morgan fingerprint density at radius 3 is 2.00 bits per heavy atom. The average Bonchev–Trinajstić information content (AvgIpc) is 2.60. The second-order valence-electron chi connectivity index (χ2n) is 4.88. The first-order chi connectivity index (χ1) is 11.8. The van der Waals surface area contributed by atoms with Gasteiger partial charge in [0, 0.05) is 17.2 Å². The van der Waals surface area contributed by atoms with Gasteiger partial charge < -0.3 is 0 Å². The molecule has 2 aromatic carbocycles. The van der Waals surface area contributed by atoms with Gasteiger partial charge in [0.15, 0.2) is 0 Å². The molecule has 6 nitrogen and oxygen atoms in total. The zero-order valence-electron chi connectivity index (χ0n) is 13.0. The van der Waals surface area contributed by atoms with Crippen molar-refractivity contribution in [1.29, 1.82) is 5.26 Å². The third-order valence-electron chi connectivity index (χ3n) is 3.18. The summed E-state index contributed by atoms with van der Waals surface area (Å²) in [4.78, 5) is 0.0315. The molecule has 0 bridgehead atoms. The summed E-state index contributed by atoms with van der Waals surface area (Å²) >= 11 is 0. The Morgan fingerprint density at radius 1 is 0.920 bits per heavy atom. The molecular formula is C17H14N2O4S2. The van der Waals surface area contributed by atoms with E-state index in [0.717, 1.165) is 17.0 Å². The van der Waals surface area contributed by atoms with E-state index in [9.17, 15) is 16.8 Å². The van der Waals surface area contributed by atoms with Crippen LogP contribution in [0.15, 0.2) is 76.4 Å². The van der Waals surface area contributed by atoms with Gasteiger partial charge in [0.2, 0.25) is 9.84 Å². The molecule has 128 valence electrons. The first-order valence-electron chi connectivity index (χ1n) is 6.95. The molecule has 0 aliphatic carbocycles. The Labute approximate surface area is 146 Å². The summed E-state index contributed by atoms with van der Waals surface area (Å²) in [6.07, 6.45) is 2.46. The van der Waals surface area contributed by atoms with Gasteiger partial charge in [-0.05, 0) is 42.0 Å². The number of sulfone groups is 1. The Balaban J connectivity index is 2.24. The third kappa shape index (κ3) is 4.56. The van der Waals surface area contributed by atoms with Crippen LogP contribution in [0, 0.1) is 11.3 Å². The zero-order valence-corrected chi connectivity index (χ0v) is 14.6. The fraction of sp³-hybridized carbons (Fsp3) is 0. The Morgan fingerprint density at radius 2 is 1.48 bits per heavy atom. The van der Waals surface area contributed by atoms with E-state index in [1.165, 1.54) is 36.4 Å². The van der Waals surface area contributed by atoms with E-state index < -0.39 is 19.9 Å². The quantitative estimate of drug-likeness (QED) is 0.783. The molecule has 0 saturated carbocycles. The molecule has 0 radical (unpaired) electrons. The Kier molecular flexibility index (Phi) is 5.41. The predicted molar refractivity (Wildman–Crippen MR) is 95.7 cm³/mol. The van der Waals surface area contributed by atoms with Crippen molar-refractivity contribution in [3.05, 3.63) is 72.2 Å². The smallest absolute Gasteiger partial charge is 0.261 e. The van der Waals surface area contributed by atoms with Crippen molar-refractivity contribution in [3.8, 4) is 6.07 Å². The van der Waals surface area contributed by atoms with Crippen molar-refractivity contribution < 1.29 is 16.8 Å². The maximum absolute atomic E-state index is 12.3. The van der Waals surface area contributed by atoms with Crippen LogP contribution in [0.1, 0.15) is 5.56 Å². The molecule has 0 fully saturated rings. The highest BCUT2D eigenvalue weighted by Gasteiger charge is 2.15. The van der Waals surface area contributed by atoms with Crippen LogP contribution in [0.4, 0.5) is 5.69 Å². The van der Waals surface area contributed by atoms with Gasteiger partial charge in [0.25, 0.3) is 10.0 Å². The first-order valence-corrected chi connectivity index (χ1v) is 9.98. The lowest BCUT2D eigenvalue weighted by Gasteiger charge is -2.09. The van der Waals surface area contributed by atoms with Crippen LogP contribution in [-0.4, -0.2) is 16.8 Å². The van der Waals surface area contributed by atoms with Gasteiger partial charge >= 0.3 is 0 Å². The van der Waals surface area contributed by atoms with Crippen LogP contribution in [0.3, 0.4) is 0 Å². The summed E-state index contributed by atoms with van der Waals surface area (Å²) in [6, 6.07) is 12.9. The number of allylic oxidation sites excluding steroid dienone is 1. The van der Waals surface area contributed by atoms with E-state index in [4.69, 9.17) is 5.26 Å². The minimum Gasteiger partial charge on any atom is -0.280 e. The van der Waals surface area contributed by atoms with Gasteiger partial charge in [-0.15, -0.1) is 0 Å². The first kappa shape index (κ1) is 18.4. The summed E-state index contributed by atoms with van der Waals surface area (Å²) in [5, 5.41) is 9.19. The lowest BCUT2D eigenvalue weighted by atomic mass is 10.2. The molecule has 0 saturated heterocycles. The van der Waals surface area contributed by atoms with E-state index in [2.05, 4.69) is 11.3 Å². The topological polar surface area (TPSA) is 104 Å². The second kappa shape index (κ2) is 7.34. The van der Waals surface area contributed by atoms with Crippen LogP contribution in [0.5, 0.6) is 0 Å².